The van der Waals surface area contributed by atoms with Crippen LogP contribution in [0.1, 0.15) is 5.82 Å². The number of hydrogen-bond acceptors (Lipinski definition) is 6. The van der Waals surface area contributed by atoms with Gasteiger partial charge in [-0.05, 0) is 36.4 Å². The number of pyridine rings is 1. The highest BCUT2D eigenvalue weighted by atomic mass is 32.2. The molecule has 27 heavy (non-hydrogen) atoms. The highest BCUT2D eigenvalue weighted by Crippen LogP contribution is 2.30. The van der Waals surface area contributed by atoms with Gasteiger partial charge >= 0.3 is 6.18 Å². The van der Waals surface area contributed by atoms with Crippen molar-refractivity contribution in [2.45, 2.75) is 11.1 Å². The van der Waals surface area contributed by atoms with Gasteiger partial charge in [0.1, 0.15) is 5.75 Å². The summed E-state index contributed by atoms with van der Waals surface area (Å²) < 4.78 is 68.3. The molecule has 0 spiro atoms. The van der Waals surface area contributed by atoms with Crippen LogP contribution in [0.15, 0.2) is 47.5 Å². The first kappa shape index (κ1) is 18.8. The Hall–Kier alpha value is -2.95. The summed E-state index contributed by atoms with van der Waals surface area (Å²) in [4.78, 5) is 7.44. The summed E-state index contributed by atoms with van der Waals surface area (Å²) in [6, 6.07) is 8.71. The third kappa shape index (κ3) is 3.92. The molecule has 3 aromatic rings. The molecule has 0 aliphatic carbocycles. The fraction of sp³-hybridized carbons (Fsp3) is 0.188. The van der Waals surface area contributed by atoms with E-state index in [4.69, 9.17) is 4.74 Å². The van der Waals surface area contributed by atoms with Crippen LogP contribution >= 0.6 is 0 Å². The Morgan fingerprint density at radius 2 is 1.74 bits per heavy atom. The topological polar surface area (TPSA) is 87.0 Å². The molecule has 0 bridgehead atoms. The van der Waals surface area contributed by atoms with Crippen molar-refractivity contribution in [2.24, 2.45) is 0 Å². The van der Waals surface area contributed by atoms with Gasteiger partial charge in [0.25, 0.3) is 5.82 Å². The Balaban J connectivity index is 2.14. The second-order valence-corrected chi connectivity index (χ2v) is 7.54. The second-order valence-electron chi connectivity index (χ2n) is 5.52. The average molecular weight is 398 g/mol. The highest BCUT2D eigenvalue weighted by Gasteiger charge is 2.37. The van der Waals surface area contributed by atoms with E-state index in [9.17, 15) is 21.6 Å². The van der Waals surface area contributed by atoms with Gasteiger partial charge in [-0.1, -0.05) is 0 Å². The predicted molar refractivity (Wildman–Crippen MR) is 89.3 cm³/mol. The van der Waals surface area contributed by atoms with Gasteiger partial charge in [0, 0.05) is 18.0 Å². The van der Waals surface area contributed by atoms with Crippen molar-refractivity contribution in [3.63, 3.8) is 0 Å². The maximum Gasteiger partial charge on any atom is 0.453 e. The number of halogens is 3. The fourth-order valence-electron chi connectivity index (χ4n) is 2.24. The molecule has 0 N–H and O–H groups in total. The van der Waals surface area contributed by atoms with Crippen LogP contribution in [0, 0.1) is 0 Å². The van der Waals surface area contributed by atoms with Crippen molar-refractivity contribution in [1.82, 2.24) is 19.7 Å². The minimum Gasteiger partial charge on any atom is -0.497 e. The van der Waals surface area contributed by atoms with Crippen LogP contribution in [0.4, 0.5) is 13.2 Å². The SMILES string of the molecule is COc1ccc(-c2nc(C(F)(F)F)nn2-c2ccc(S(C)(=O)=O)cn2)cc1. The number of alkyl halides is 3. The van der Waals surface area contributed by atoms with E-state index >= 15 is 0 Å². The average Bonchev–Trinajstić information content (AvgIpc) is 3.07. The molecular weight excluding hydrogens is 385 g/mol. The quantitative estimate of drug-likeness (QED) is 0.672. The number of aromatic nitrogens is 4. The Labute approximate surface area is 152 Å². The van der Waals surface area contributed by atoms with Crippen molar-refractivity contribution in [1.29, 1.82) is 0 Å². The van der Waals surface area contributed by atoms with Gasteiger partial charge in [0.05, 0.1) is 12.0 Å². The lowest BCUT2D eigenvalue weighted by Gasteiger charge is -2.06. The second kappa shape index (κ2) is 6.65. The van der Waals surface area contributed by atoms with E-state index in [1.807, 2.05) is 0 Å². The zero-order valence-electron chi connectivity index (χ0n) is 14.1. The van der Waals surface area contributed by atoms with Gasteiger partial charge in [-0.25, -0.2) is 18.4 Å². The molecule has 0 fully saturated rings. The molecule has 7 nitrogen and oxygen atoms in total. The molecule has 0 radical (unpaired) electrons. The van der Waals surface area contributed by atoms with Gasteiger partial charge in [0.15, 0.2) is 21.5 Å². The van der Waals surface area contributed by atoms with E-state index in [0.29, 0.717) is 11.3 Å². The van der Waals surface area contributed by atoms with Gasteiger partial charge in [-0.3, -0.25) is 0 Å². The van der Waals surface area contributed by atoms with E-state index in [0.717, 1.165) is 17.1 Å². The molecule has 0 amide bonds. The smallest absolute Gasteiger partial charge is 0.453 e. The molecule has 0 saturated carbocycles. The molecule has 0 aliphatic rings. The van der Waals surface area contributed by atoms with Crippen LogP contribution in [-0.2, 0) is 16.0 Å². The zero-order valence-corrected chi connectivity index (χ0v) is 14.9. The molecule has 2 aromatic heterocycles. The van der Waals surface area contributed by atoms with E-state index in [-0.39, 0.29) is 16.5 Å². The first-order valence-electron chi connectivity index (χ1n) is 7.45. The van der Waals surface area contributed by atoms with Crippen molar-refractivity contribution in [2.75, 3.05) is 13.4 Å². The van der Waals surface area contributed by atoms with Gasteiger partial charge < -0.3 is 4.74 Å². The largest absolute Gasteiger partial charge is 0.497 e. The third-order valence-electron chi connectivity index (χ3n) is 3.57. The van der Waals surface area contributed by atoms with Crippen LogP contribution in [0.3, 0.4) is 0 Å². The van der Waals surface area contributed by atoms with Crippen LogP contribution in [0.25, 0.3) is 17.2 Å². The van der Waals surface area contributed by atoms with Crippen molar-refractivity contribution in [3.05, 3.63) is 48.4 Å². The summed E-state index contributed by atoms with van der Waals surface area (Å²) in [7, 11) is -2.03. The lowest BCUT2D eigenvalue weighted by molar-refractivity contribution is -0.144. The molecule has 11 heteroatoms. The molecule has 0 aliphatic heterocycles. The number of nitrogens with zero attached hydrogens (tertiary/aromatic N) is 4. The van der Waals surface area contributed by atoms with Crippen LogP contribution in [0.5, 0.6) is 5.75 Å². The maximum atomic E-state index is 13.1. The first-order valence-corrected chi connectivity index (χ1v) is 9.34. The molecule has 3 rings (SSSR count). The number of benzene rings is 1. The van der Waals surface area contributed by atoms with Crippen LogP contribution in [0.2, 0.25) is 0 Å². The monoisotopic (exact) mass is 398 g/mol. The van der Waals surface area contributed by atoms with Crippen LogP contribution < -0.4 is 4.74 Å². The molecule has 0 atom stereocenters. The van der Waals surface area contributed by atoms with Crippen molar-refractivity contribution >= 4 is 9.84 Å². The lowest BCUT2D eigenvalue weighted by atomic mass is 10.2. The Morgan fingerprint density at radius 1 is 1.07 bits per heavy atom. The molecule has 2 heterocycles. The molecule has 0 unspecified atom stereocenters. The standard InChI is InChI=1S/C16H13F3N4O3S/c1-26-11-5-3-10(4-6-11)14-21-15(16(17,18)19)22-23(14)13-8-7-12(9-20-13)27(2,24)25/h3-9H,1-2H3. The van der Waals surface area contributed by atoms with Crippen molar-refractivity contribution < 1.29 is 26.3 Å². The van der Waals surface area contributed by atoms with E-state index in [1.54, 1.807) is 12.1 Å². The van der Waals surface area contributed by atoms with E-state index in [1.165, 1.54) is 31.4 Å². The summed E-state index contributed by atoms with van der Waals surface area (Å²) >= 11 is 0. The number of sulfone groups is 1. The predicted octanol–water partition coefficient (Wildman–Crippen LogP) is 2.76. The molecular formula is C16H13F3N4O3S. The number of ether oxygens (including phenoxy) is 1. The van der Waals surface area contributed by atoms with Gasteiger partial charge in [0.2, 0.25) is 0 Å². The Kier molecular flexibility index (Phi) is 4.64. The summed E-state index contributed by atoms with van der Waals surface area (Å²) in [5.41, 5.74) is 0.354. The van der Waals surface area contributed by atoms with Gasteiger partial charge in [-0.15, -0.1) is 5.10 Å². The fourth-order valence-corrected chi connectivity index (χ4v) is 2.80. The molecule has 0 saturated heterocycles. The zero-order chi connectivity index (χ0) is 19.8. The minimum atomic E-state index is -4.75. The third-order valence-corrected chi connectivity index (χ3v) is 4.67. The van der Waals surface area contributed by atoms with E-state index in [2.05, 4.69) is 15.1 Å². The van der Waals surface area contributed by atoms with Crippen molar-refractivity contribution in [3.8, 4) is 23.0 Å². The Morgan fingerprint density at radius 3 is 2.22 bits per heavy atom. The number of rotatable bonds is 4. The maximum absolute atomic E-state index is 13.1. The molecule has 142 valence electrons. The highest BCUT2D eigenvalue weighted by molar-refractivity contribution is 7.90. The summed E-state index contributed by atoms with van der Waals surface area (Å²) in [5.74, 6) is -0.903. The Bertz CT molecular complexity index is 1060. The number of methoxy groups -OCH3 is 1. The summed E-state index contributed by atoms with van der Waals surface area (Å²) in [5, 5.41) is 3.50. The molecule has 1 aromatic carbocycles. The van der Waals surface area contributed by atoms with E-state index < -0.39 is 21.8 Å². The summed E-state index contributed by atoms with van der Waals surface area (Å²) in [6.07, 6.45) is -2.69. The van der Waals surface area contributed by atoms with Crippen LogP contribution in [-0.4, -0.2) is 41.5 Å². The minimum absolute atomic E-state index is 0.00350. The summed E-state index contributed by atoms with van der Waals surface area (Å²) in [6.45, 7) is 0. The first-order chi connectivity index (χ1) is 12.6. The normalized spacial score (nSPS) is 12.2. The number of hydrogen-bond donors (Lipinski definition) is 0. The van der Waals surface area contributed by atoms with Gasteiger partial charge in [-0.2, -0.15) is 17.9 Å². The lowest BCUT2D eigenvalue weighted by Crippen LogP contribution is -2.09.